The number of ether oxygens (including phenoxy) is 2. The van der Waals surface area contributed by atoms with Crippen LogP contribution in [0.25, 0.3) is 0 Å². The maximum absolute atomic E-state index is 11.9. The lowest BCUT2D eigenvalue weighted by Crippen LogP contribution is -2.04. The quantitative estimate of drug-likeness (QED) is 0.461. The van der Waals surface area contributed by atoms with Crippen molar-refractivity contribution in [2.24, 2.45) is 0 Å². The van der Waals surface area contributed by atoms with Crippen LogP contribution in [0, 0.1) is 0 Å². The zero-order valence-corrected chi connectivity index (χ0v) is 16.0. The molecule has 3 aromatic rings. The van der Waals surface area contributed by atoms with Crippen molar-refractivity contribution in [1.82, 2.24) is 0 Å². The average Bonchev–Trinajstić information content (AvgIpc) is 2.67. The van der Waals surface area contributed by atoms with Crippen molar-refractivity contribution < 1.29 is 14.3 Å². The molecule has 0 aliphatic rings. The highest BCUT2D eigenvalue weighted by Crippen LogP contribution is 2.39. The Kier molecular flexibility index (Phi) is 6.08. The van der Waals surface area contributed by atoms with Crippen molar-refractivity contribution >= 4 is 21.7 Å². The lowest BCUT2D eigenvalue weighted by atomic mass is 10.1. The predicted octanol–water partition coefficient (Wildman–Crippen LogP) is 5.81. The van der Waals surface area contributed by atoms with Gasteiger partial charge in [0, 0.05) is 5.56 Å². The van der Waals surface area contributed by atoms with Crippen LogP contribution in [0.4, 0.5) is 0 Å². The highest BCUT2D eigenvalue weighted by molar-refractivity contribution is 9.10. The van der Waals surface area contributed by atoms with Crippen LogP contribution < -0.4 is 9.47 Å². The summed E-state index contributed by atoms with van der Waals surface area (Å²) in [6.45, 7) is 2.35. The standard InChI is InChI=1S/C22H19BrO3/c1-16(24)19-12-13-20(25-14-17-8-4-2-5-9-17)22(21(19)23)26-15-18-10-6-3-7-11-18/h2-13H,14-15H2,1H3. The first kappa shape index (κ1) is 18.2. The number of carbonyl (C=O) groups is 1. The Morgan fingerprint density at radius 2 is 1.35 bits per heavy atom. The zero-order chi connectivity index (χ0) is 18.4. The molecular weight excluding hydrogens is 392 g/mol. The third-order valence-corrected chi connectivity index (χ3v) is 4.69. The lowest BCUT2D eigenvalue weighted by Gasteiger charge is -2.16. The number of ketones is 1. The summed E-state index contributed by atoms with van der Waals surface area (Å²) in [7, 11) is 0. The molecule has 0 aliphatic carbocycles. The van der Waals surface area contributed by atoms with Gasteiger partial charge in [-0.2, -0.15) is 0 Å². The molecule has 0 aromatic heterocycles. The number of halogens is 1. The minimum absolute atomic E-state index is 0.0314. The van der Waals surface area contributed by atoms with Crippen LogP contribution >= 0.6 is 15.9 Å². The summed E-state index contributed by atoms with van der Waals surface area (Å²) >= 11 is 3.51. The van der Waals surface area contributed by atoms with Crippen molar-refractivity contribution in [1.29, 1.82) is 0 Å². The first-order valence-corrected chi connectivity index (χ1v) is 9.11. The molecule has 0 amide bonds. The molecule has 0 N–H and O–H groups in total. The van der Waals surface area contributed by atoms with Crippen LogP contribution in [0.3, 0.4) is 0 Å². The predicted molar refractivity (Wildman–Crippen MR) is 106 cm³/mol. The molecule has 0 aliphatic heterocycles. The fraction of sp³-hybridized carbons (Fsp3) is 0.136. The van der Waals surface area contributed by atoms with Gasteiger partial charge in [-0.3, -0.25) is 4.79 Å². The van der Waals surface area contributed by atoms with Crippen LogP contribution in [0.1, 0.15) is 28.4 Å². The Bertz CT molecular complexity index is 877. The molecule has 0 saturated carbocycles. The van der Waals surface area contributed by atoms with E-state index in [2.05, 4.69) is 15.9 Å². The molecule has 3 aromatic carbocycles. The van der Waals surface area contributed by atoms with Crippen LogP contribution in [0.15, 0.2) is 77.3 Å². The maximum Gasteiger partial charge on any atom is 0.176 e. The molecule has 0 atom stereocenters. The van der Waals surface area contributed by atoms with Gasteiger partial charge in [0.1, 0.15) is 13.2 Å². The van der Waals surface area contributed by atoms with Gasteiger partial charge in [-0.15, -0.1) is 0 Å². The summed E-state index contributed by atoms with van der Waals surface area (Å²) < 4.78 is 12.6. The molecule has 26 heavy (non-hydrogen) atoms. The average molecular weight is 411 g/mol. The summed E-state index contributed by atoms with van der Waals surface area (Å²) in [5, 5.41) is 0. The molecule has 0 spiro atoms. The van der Waals surface area contributed by atoms with Crippen LogP contribution in [0.2, 0.25) is 0 Å². The van der Waals surface area contributed by atoms with Crippen LogP contribution in [0.5, 0.6) is 11.5 Å². The number of benzene rings is 3. The van der Waals surface area contributed by atoms with E-state index in [0.717, 1.165) is 11.1 Å². The Morgan fingerprint density at radius 3 is 1.88 bits per heavy atom. The van der Waals surface area contributed by atoms with Gasteiger partial charge in [0.25, 0.3) is 0 Å². The molecule has 0 bridgehead atoms. The molecule has 0 radical (unpaired) electrons. The maximum atomic E-state index is 11.9. The van der Waals surface area contributed by atoms with E-state index in [0.29, 0.717) is 34.7 Å². The molecule has 4 heteroatoms. The van der Waals surface area contributed by atoms with Crippen molar-refractivity contribution in [3.05, 3.63) is 94.0 Å². The minimum Gasteiger partial charge on any atom is -0.485 e. The van der Waals surface area contributed by atoms with Crippen molar-refractivity contribution in [3.8, 4) is 11.5 Å². The van der Waals surface area contributed by atoms with E-state index in [-0.39, 0.29) is 5.78 Å². The monoisotopic (exact) mass is 410 g/mol. The molecule has 0 heterocycles. The summed E-state index contributed by atoms with van der Waals surface area (Å²) in [6, 6.07) is 23.3. The van der Waals surface area contributed by atoms with E-state index >= 15 is 0 Å². The summed E-state index contributed by atoms with van der Waals surface area (Å²) in [5.74, 6) is 1.11. The number of carbonyl (C=O) groups excluding carboxylic acids is 1. The third kappa shape index (κ3) is 4.52. The normalized spacial score (nSPS) is 10.4. The molecule has 0 unspecified atom stereocenters. The second-order valence-corrected chi connectivity index (χ2v) is 6.65. The highest BCUT2D eigenvalue weighted by atomic mass is 79.9. The summed E-state index contributed by atoms with van der Waals surface area (Å²) in [6.07, 6.45) is 0. The van der Waals surface area contributed by atoms with Gasteiger partial charge >= 0.3 is 0 Å². The van der Waals surface area contributed by atoms with Gasteiger partial charge in [-0.1, -0.05) is 60.7 Å². The van der Waals surface area contributed by atoms with Gasteiger partial charge < -0.3 is 9.47 Å². The Hall–Kier alpha value is -2.59. The Balaban J connectivity index is 1.84. The number of Topliss-reactive ketones (excluding diaryl/α,β-unsaturated/α-hetero) is 1. The van der Waals surface area contributed by atoms with Gasteiger partial charge in [-0.25, -0.2) is 0 Å². The second-order valence-electron chi connectivity index (χ2n) is 5.86. The van der Waals surface area contributed by atoms with Crippen LogP contribution in [-0.4, -0.2) is 5.78 Å². The highest BCUT2D eigenvalue weighted by Gasteiger charge is 2.17. The first-order chi connectivity index (χ1) is 12.6. The molecule has 3 nitrogen and oxygen atoms in total. The molecule has 0 saturated heterocycles. The van der Waals surface area contributed by atoms with E-state index in [1.54, 1.807) is 12.1 Å². The van der Waals surface area contributed by atoms with Gasteiger partial charge in [0.05, 0.1) is 4.47 Å². The Morgan fingerprint density at radius 1 is 0.808 bits per heavy atom. The van der Waals surface area contributed by atoms with Crippen LogP contribution in [-0.2, 0) is 13.2 Å². The largest absolute Gasteiger partial charge is 0.485 e. The fourth-order valence-electron chi connectivity index (χ4n) is 2.52. The summed E-state index contributed by atoms with van der Waals surface area (Å²) in [5.41, 5.74) is 2.68. The molecule has 132 valence electrons. The smallest absolute Gasteiger partial charge is 0.176 e. The Labute approximate surface area is 161 Å². The minimum atomic E-state index is -0.0314. The fourth-order valence-corrected chi connectivity index (χ4v) is 3.24. The van der Waals surface area contributed by atoms with E-state index in [4.69, 9.17) is 9.47 Å². The van der Waals surface area contributed by atoms with Crippen molar-refractivity contribution in [3.63, 3.8) is 0 Å². The van der Waals surface area contributed by atoms with Crippen molar-refractivity contribution in [2.75, 3.05) is 0 Å². The molecule has 0 fully saturated rings. The SMILES string of the molecule is CC(=O)c1ccc(OCc2ccccc2)c(OCc2ccccc2)c1Br. The molecular formula is C22H19BrO3. The van der Waals surface area contributed by atoms with E-state index in [1.807, 2.05) is 60.7 Å². The van der Waals surface area contributed by atoms with Gasteiger partial charge in [-0.05, 0) is 46.1 Å². The first-order valence-electron chi connectivity index (χ1n) is 8.32. The van der Waals surface area contributed by atoms with E-state index < -0.39 is 0 Å². The second kappa shape index (κ2) is 8.68. The number of rotatable bonds is 7. The number of hydrogen-bond acceptors (Lipinski definition) is 3. The van der Waals surface area contributed by atoms with E-state index in [9.17, 15) is 4.79 Å². The van der Waals surface area contributed by atoms with Gasteiger partial charge in [0.15, 0.2) is 17.3 Å². The molecule has 3 rings (SSSR count). The van der Waals surface area contributed by atoms with Crippen molar-refractivity contribution in [2.45, 2.75) is 20.1 Å². The topological polar surface area (TPSA) is 35.5 Å². The van der Waals surface area contributed by atoms with E-state index in [1.165, 1.54) is 6.92 Å². The van der Waals surface area contributed by atoms with Gasteiger partial charge in [0.2, 0.25) is 0 Å². The zero-order valence-electron chi connectivity index (χ0n) is 14.4. The lowest BCUT2D eigenvalue weighted by molar-refractivity contribution is 0.101. The number of hydrogen-bond donors (Lipinski definition) is 0. The summed E-state index contributed by atoms with van der Waals surface area (Å²) in [4.78, 5) is 11.9. The third-order valence-electron chi connectivity index (χ3n) is 3.90.